The van der Waals surface area contributed by atoms with Crippen LogP contribution in [0.15, 0.2) is 59.4 Å². The van der Waals surface area contributed by atoms with Gasteiger partial charge < -0.3 is 9.72 Å². The van der Waals surface area contributed by atoms with Gasteiger partial charge in [-0.2, -0.15) is 0 Å². The Morgan fingerprint density at radius 3 is 2.42 bits per heavy atom. The lowest BCUT2D eigenvalue weighted by Gasteiger charge is -2.08. The summed E-state index contributed by atoms with van der Waals surface area (Å²) in [6.07, 6.45) is 1.70. The van der Waals surface area contributed by atoms with Crippen LogP contribution < -0.4 is 5.56 Å². The van der Waals surface area contributed by atoms with Crippen LogP contribution in [0.5, 0.6) is 0 Å². The number of aryl methyl sites for hydroxylation is 2. The van der Waals surface area contributed by atoms with E-state index in [1.807, 2.05) is 68.4 Å². The molecule has 0 saturated carbocycles. The van der Waals surface area contributed by atoms with E-state index < -0.39 is 5.97 Å². The van der Waals surface area contributed by atoms with Crippen molar-refractivity contribution >= 4 is 39.2 Å². The van der Waals surface area contributed by atoms with Gasteiger partial charge in [0.05, 0.1) is 12.0 Å². The Kier molecular flexibility index (Phi) is 5.82. The van der Waals surface area contributed by atoms with Gasteiger partial charge in [-0.25, -0.2) is 9.78 Å². The van der Waals surface area contributed by atoms with Crippen LogP contribution in [-0.2, 0) is 9.53 Å². The molecule has 0 aliphatic rings. The normalized spacial score (nSPS) is 11.6. The minimum absolute atomic E-state index is 0.212. The molecule has 0 radical (unpaired) electrons. The molecule has 0 unspecified atom stereocenters. The average molecular weight is 431 g/mol. The van der Waals surface area contributed by atoms with Crippen molar-refractivity contribution in [1.29, 1.82) is 0 Å². The number of rotatable bonds is 5. The van der Waals surface area contributed by atoms with Crippen LogP contribution >= 0.6 is 11.3 Å². The molecule has 2 aromatic carbocycles. The maximum atomic E-state index is 12.7. The van der Waals surface area contributed by atoms with Gasteiger partial charge in [-0.15, -0.1) is 11.3 Å². The van der Waals surface area contributed by atoms with Crippen molar-refractivity contribution < 1.29 is 9.53 Å². The van der Waals surface area contributed by atoms with E-state index in [1.165, 1.54) is 11.3 Å². The van der Waals surface area contributed by atoms with E-state index in [0.29, 0.717) is 10.2 Å². The van der Waals surface area contributed by atoms with Gasteiger partial charge in [-0.1, -0.05) is 54.6 Å². The van der Waals surface area contributed by atoms with E-state index in [4.69, 9.17) is 4.74 Å². The number of hydrogen-bond donors (Lipinski definition) is 1. The van der Waals surface area contributed by atoms with Crippen LogP contribution in [0.4, 0.5) is 0 Å². The monoisotopic (exact) mass is 430 g/mol. The molecule has 0 aliphatic heterocycles. The smallest absolute Gasteiger partial charge is 0.341 e. The van der Waals surface area contributed by atoms with Gasteiger partial charge in [-0.05, 0) is 49.1 Å². The molecule has 0 atom stereocenters. The molecule has 0 saturated heterocycles. The first-order chi connectivity index (χ1) is 15.0. The molecule has 6 heteroatoms. The zero-order chi connectivity index (χ0) is 22.0. The Hall–Kier alpha value is -3.51. The summed E-state index contributed by atoms with van der Waals surface area (Å²) in [4.78, 5) is 34.4. The number of ether oxygens (including phenoxy) is 1. The van der Waals surface area contributed by atoms with E-state index in [1.54, 1.807) is 13.0 Å². The van der Waals surface area contributed by atoms with Crippen LogP contribution in [0.1, 0.15) is 28.8 Å². The number of thiophene rings is 1. The summed E-state index contributed by atoms with van der Waals surface area (Å²) in [7, 11) is 0. The summed E-state index contributed by atoms with van der Waals surface area (Å²) >= 11 is 1.44. The van der Waals surface area contributed by atoms with Crippen molar-refractivity contribution in [2.75, 3.05) is 6.61 Å². The van der Waals surface area contributed by atoms with E-state index >= 15 is 0 Å². The number of aromatic amines is 1. The third-order valence-corrected chi connectivity index (χ3v) is 6.22. The number of benzene rings is 2. The van der Waals surface area contributed by atoms with Crippen LogP contribution in [0.2, 0.25) is 0 Å². The van der Waals surface area contributed by atoms with Crippen LogP contribution in [-0.4, -0.2) is 22.5 Å². The number of H-pyrrole nitrogens is 1. The fourth-order valence-electron chi connectivity index (χ4n) is 3.38. The summed E-state index contributed by atoms with van der Waals surface area (Å²) < 4.78 is 5.24. The first-order valence-electron chi connectivity index (χ1n) is 10.0. The molecule has 0 aliphatic carbocycles. The van der Waals surface area contributed by atoms with Gasteiger partial charge in [0.2, 0.25) is 0 Å². The number of esters is 1. The zero-order valence-corrected chi connectivity index (χ0v) is 18.4. The number of hydrogen-bond acceptors (Lipinski definition) is 5. The molecule has 1 N–H and O–H groups in total. The van der Waals surface area contributed by atoms with Crippen molar-refractivity contribution in [3.8, 4) is 11.1 Å². The second-order valence-corrected chi connectivity index (χ2v) is 8.35. The van der Waals surface area contributed by atoms with Gasteiger partial charge in [-0.3, -0.25) is 4.79 Å². The minimum atomic E-state index is -0.526. The van der Waals surface area contributed by atoms with Crippen molar-refractivity contribution in [1.82, 2.24) is 9.97 Å². The lowest BCUT2D eigenvalue weighted by atomic mass is 10.0. The molecule has 156 valence electrons. The fourth-order valence-corrected chi connectivity index (χ4v) is 4.41. The van der Waals surface area contributed by atoms with E-state index in [-0.39, 0.29) is 23.6 Å². The number of nitrogens with zero attached hydrogens (tertiary/aromatic N) is 1. The molecule has 0 bridgehead atoms. The second kappa shape index (κ2) is 8.70. The SMILES string of the molecule is CCOC(=O)C(=Cc1ccc(-c2ccccc2)cc1)c1nc2sc(C)c(C)c2c(=O)[nH]1. The molecular formula is C25H22N2O3S. The number of aromatic nitrogens is 2. The topological polar surface area (TPSA) is 72.0 Å². The first-order valence-corrected chi connectivity index (χ1v) is 10.8. The Morgan fingerprint density at radius 1 is 1.06 bits per heavy atom. The molecular weight excluding hydrogens is 408 g/mol. The predicted octanol–water partition coefficient (Wildman–Crippen LogP) is 5.37. The largest absolute Gasteiger partial charge is 0.462 e. The summed E-state index contributed by atoms with van der Waals surface area (Å²) in [6, 6.07) is 17.9. The fraction of sp³-hybridized carbons (Fsp3) is 0.160. The van der Waals surface area contributed by atoms with Gasteiger partial charge in [0.1, 0.15) is 16.2 Å². The Balaban J connectivity index is 1.79. The summed E-state index contributed by atoms with van der Waals surface area (Å²) in [5.41, 5.74) is 3.88. The highest BCUT2D eigenvalue weighted by molar-refractivity contribution is 7.18. The van der Waals surface area contributed by atoms with Crippen LogP contribution in [0, 0.1) is 13.8 Å². The number of carbonyl (C=O) groups is 1. The minimum Gasteiger partial charge on any atom is -0.462 e. The molecule has 2 heterocycles. The molecule has 0 spiro atoms. The van der Waals surface area contributed by atoms with Crippen molar-refractivity contribution in [3.63, 3.8) is 0 Å². The maximum absolute atomic E-state index is 12.7. The van der Waals surface area contributed by atoms with Crippen molar-refractivity contribution in [3.05, 3.63) is 86.8 Å². The zero-order valence-electron chi connectivity index (χ0n) is 17.6. The third-order valence-electron chi connectivity index (χ3n) is 5.12. The van der Waals surface area contributed by atoms with Crippen molar-refractivity contribution in [2.24, 2.45) is 0 Å². The summed E-state index contributed by atoms with van der Waals surface area (Å²) in [5, 5.41) is 0.571. The van der Waals surface area contributed by atoms with E-state index in [9.17, 15) is 9.59 Å². The Labute approximate surface area is 184 Å². The predicted molar refractivity (Wildman–Crippen MR) is 126 cm³/mol. The summed E-state index contributed by atoms with van der Waals surface area (Å²) in [5.74, 6) is -0.313. The van der Waals surface area contributed by atoms with Crippen LogP contribution in [0.3, 0.4) is 0 Å². The Morgan fingerprint density at radius 2 is 1.74 bits per heavy atom. The van der Waals surface area contributed by atoms with E-state index in [2.05, 4.69) is 9.97 Å². The van der Waals surface area contributed by atoms with Crippen molar-refractivity contribution in [2.45, 2.75) is 20.8 Å². The molecule has 5 nitrogen and oxygen atoms in total. The average Bonchev–Trinajstić information content (AvgIpc) is 3.07. The van der Waals surface area contributed by atoms with Gasteiger partial charge in [0.15, 0.2) is 0 Å². The highest BCUT2D eigenvalue weighted by Crippen LogP contribution is 2.28. The maximum Gasteiger partial charge on any atom is 0.341 e. The molecule has 2 aromatic heterocycles. The van der Waals surface area contributed by atoms with Gasteiger partial charge in [0, 0.05) is 4.88 Å². The van der Waals surface area contributed by atoms with Gasteiger partial charge in [0.25, 0.3) is 5.56 Å². The standard InChI is InChI=1S/C25H22N2O3S/c1-4-30-25(29)20(22-26-23(28)21-15(2)16(3)31-24(21)27-22)14-17-10-12-19(13-11-17)18-8-6-5-7-9-18/h5-14H,4H2,1-3H3,(H,26,27,28). The lowest BCUT2D eigenvalue weighted by molar-refractivity contribution is -0.136. The second-order valence-electron chi connectivity index (χ2n) is 7.14. The third kappa shape index (κ3) is 4.20. The molecule has 0 fully saturated rings. The number of carbonyl (C=O) groups excluding carboxylic acids is 1. The lowest BCUT2D eigenvalue weighted by Crippen LogP contribution is -2.15. The molecule has 0 amide bonds. The summed E-state index contributed by atoms with van der Waals surface area (Å²) in [6.45, 7) is 5.83. The molecule has 4 rings (SSSR count). The quantitative estimate of drug-likeness (QED) is 0.341. The number of nitrogens with one attached hydrogen (secondary N) is 1. The van der Waals surface area contributed by atoms with Gasteiger partial charge >= 0.3 is 5.97 Å². The Bertz CT molecular complexity index is 1330. The van der Waals surface area contributed by atoms with Crippen LogP contribution in [0.25, 0.3) is 33.0 Å². The van der Waals surface area contributed by atoms with E-state index in [0.717, 1.165) is 27.1 Å². The highest BCUT2D eigenvalue weighted by Gasteiger charge is 2.19. The number of fused-ring (bicyclic) bond motifs is 1. The molecule has 4 aromatic rings. The first kappa shape index (κ1) is 20.8. The highest BCUT2D eigenvalue weighted by atomic mass is 32.1. The molecule has 31 heavy (non-hydrogen) atoms.